The Kier molecular flexibility index (Phi) is 1.59. The minimum Gasteiger partial charge on any atom is -0.388 e. The maximum Gasteiger partial charge on any atom is 0.0857 e. The number of hydrogen-bond donors (Lipinski definition) is 2. The van der Waals surface area contributed by atoms with E-state index < -0.39 is 5.60 Å². The van der Waals surface area contributed by atoms with Crippen molar-refractivity contribution >= 4 is 0 Å². The Balaban J connectivity index is 2.20. The highest BCUT2D eigenvalue weighted by Gasteiger charge is 2.47. The minimum absolute atomic E-state index is 0.383. The standard InChI is InChI=1S/C8H11N3O/c9-7(8(12)1-2-8)6-5-10-3-4-11-6/h3-5,7,12H,1-2,9H2. The van der Waals surface area contributed by atoms with Gasteiger partial charge in [0.05, 0.1) is 23.5 Å². The number of aliphatic hydroxyl groups is 1. The van der Waals surface area contributed by atoms with Gasteiger partial charge in [0.25, 0.3) is 0 Å². The van der Waals surface area contributed by atoms with Crippen LogP contribution in [0, 0.1) is 0 Å². The zero-order valence-electron chi connectivity index (χ0n) is 6.64. The molecule has 64 valence electrons. The summed E-state index contributed by atoms with van der Waals surface area (Å²) < 4.78 is 0. The Morgan fingerprint density at radius 1 is 1.50 bits per heavy atom. The first-order valence-corrected chi connectivity index (χ1v) is 3.96. The van der Waals surface area contributed by atoms with Gasteiger partial charge < -0.3 is 10.8 Å². The second kappa shape index (κ2) is 2.50. The Labute approximate surface area is 70.5 Å². The quantitative estimate of drug-likeness (QED) is 0.647. The largest absolute Gasteiger partial charge is 0.388 e. The van der Waals surface area contributed by atoms with Crippen molar-refractivity contribution < 1.29 is 5.11 Å². The first-order chi connectivity index (χ1) is 5.72. The fraction of sp³-hybridized carbons (Fsp3) is 0.500. The molecular weight excluding hydrogens is 154 g/mol. The first-order valence-electron chi connectivity index (χ1n) is 3.96. The van der Waals surface area contributed by atoms with E-state index in [-0.39, 0.29) is 6.04 Å². The first kappa shape index (κ1) is 7.64. The normalized spacial score (nSPS) is 21.8. The highest BCUT2D eigenvalue weighted by molar-refractivity contribution is 5.14. The summed E-state index contributed by atoms with van der Waals surface area (Å²) in [6.45, 7) is 0. The summed E-state index contributed by atoms with van der Waals surface area (Å²) in [5.41, 5.74) is 5.73. The minimum atomic E-state index is -0.712. The second-order valence-electron chi connectivity index (χ2n) is 3.21. The van der Waals surface area contributed by atoms with E-state index in [1.807, 2.05) is 0 Å². The fourth-order valence-electron chi connectivity index (χ4n) is 1.19. The van der Waals surface area contributed by atoms with Gasteiger partial charge in [-0.05, 0) is 12.8 Å². The molecule has 0 amide bonds. The third kappa shape index (κ3) is 1.19. The number of nitrogens with two attached hydrogens (primary N) is 1. The predicted molar refractivity (Wildman–Crippen MR) is 43.1 cm³/mol. The molecule has 0 bridgehead atoms. The summed E-state index contributed by atoms with van der Waals surface area (Å²) in [4.78, 5) is 7.93. The zero-order chi connectivity index (χ0) is 8.60. The Bertz CT molecular complexity index is 271. The van der Waals surface area contributed by atoms with Crippen molar-refractivity contribution in [2.75, 3.05) is 0 Å². The molecule has 1 aliphatic rings. The average molecular weight is 165 g/mol. The third-order valence-corrected chi connectivity index (χ3v) is 2.24. The molecule has 1 heterocycles. The molecule has 0 aromatic carbocycles. The van der Waals surface area contributed by atoms with Crippen LogP contribution in [0.3, 0.4) is 0 Å². The van der Waals surface area contributed by atoms with E-state index >= 15 is 0 Å². The van der Waals surface area contributed by atoms with E-state index in [9.17, 15) is 5.11 Å². The van der Waals surface area contributed by atoms with Crippen LogP contribution in [-0.2, 0) is 0 Å². The maximum absolute atomic E-state index is 9.66. The van der Waals surface area contributed by atoms with Crippen LogP contribution in [0.1, 0.15) is 24.6 Å². The molecule has 0 radical (unpaired) electrons. The molecule has 1 atom stereocenters. The molecule has 0 aliphatic heterocycles. The molecule has 1 aromatic heterocycles. The van der Waals surface area contributed by atoms with E-state index in [0.717, 1.165) is 12.8 Å². The van der Waals surface area contributed by atoms with Crippen molar-refractivity contribution in [3.05, 3.63) is 24.3 Å². The number of hydrogen-bond acceptors (Lipinski definition) is 4. The van der Waals surface area contributed by atoms with Gasteiger partial charge in [0.1, 0.15) is 0 Å². The monoisotopic (exact) mass is 165 g/mol. The fourth-order valence-corrected chi connectivity index (χ4v) is 1.19. The van der Waals surface area contributed by atoms with Crippen molar-refractivity contribution in [2.45, 2.75) is 24.5 Å². The second-order valence-corrected chi connectivity index (χ2v) is 3.21. The van der Waals surface area contributed by atoms with Crippen molar-refractivity contribution in [2.24, 2.45) is 5.73 Å². The molecule has 1 unspecified atom stereocenters. The summed E-state index contributed by atoms with van der Waals surface area (Å²) in [6.07, 6.45) is 6.31. The molecule has 3 N–H and O–H groups in total. The van der Waals surface area contributed by atoms with Gasteiger partial charge in [0, 0.05) is 12.4 Å². The molecule has 4 nitrogen and oxygen atoms in total. The number of rotatable bonds is 2. The lowest BCUT2D eigenvalue weighted by atomic mass is 10.1. The lowest BCUT2D eigenvalue weighted by Crippen LogP contribution is -2.28. The molecule has 2 rings (SSSR count). The molecule has 0 saturated heterocycles. The van der Waals surface area contributed by atoms with Gasteiger partial charge in [-0.1, -0.05) is 0 Å². The van der Waals surface area contributed by atoms with Crippen molar-refractivity contribution in [3.8, 4) is 0 Å². The Morgan fingerprint density at radius 2 is 2.25 bits per heavy atom. The van der Waals surface area contributed by atoms with Gasteiger partial charge in [-0.25, -0.2) is 0 Å². The van der Waals surface area contributed by atoms with Crippen molar-refractivity contribution in [1.82, 2.24) is 9.97 Å². The van der Waals surface area contributed by atoms with Crippen LogP contribution in [0.5, 0.6) is 0 Å². The van der Waals surface area contributed by atoms with Crippen molar-refractivity contribution in [3.63, 3.8) is 0 Å². The predicted octanol–water partition coefficient (Wildman–Crippen LogP) is 0.00130. The van der Waals surface area contributed by atoms with Crippen LogP contribution >= 0.6 is 0 Å². The van der Waals surface area contributed by atoms with E-state index in [1.165, 1.54) is 0 Å². The average Bonchev–Trinajstić information content (AvgIpc) is 2.85. The highest BCUT2D eigenvalue weighted by atomic mass is 16.3. The lowest BCUT2D eigenvalue weighted by Gasteiger charge is -2.15. The third-order valence-electron chi connectivity index (χ3n) is 2.24. The molecule has 0 spiro atoms. The Hall–Kier alpha value is -1.00. The lowest BCUT2D eigenvalue weighted by molar-refractivity contribution is 0.118. The van der Waals surface area contributed by atoms with Crippen LogP contribution < -0.4 is 5.73 Å². The topological polar surface area (TPSA) is 72.0 Å². The Morgan fingerprint density at radius 3 is 2.75 bits per heavy atom. The molecule has 1 fully saturated rings. The van der Waals surface area contributed by atoms with E-state index in [2.05, 4.69) is 9.97 Å². The zero-order valence-corrected chi connectivity index (χ0v) is 6.64. The van der Waals surface area contributed by atoms with Crippen LogP contribution in [-0.4, -0.2) is 20.7 Å². The van der Waals surface area contributed by atoms with Gasteiger partial charge in [0.2, 0.25) is 0 Å². The summed E-state index contributed by atoms with van der Waals surface area (Å²) in [5.74, 6) is 0. The molecule has 1 aliphatic carbocycles. The van der Waals surface area contributed by atoms with Crippen LogP contribution in [0.4, 0.5) is 0 Å². The van der Waals surface area contributed by atoms with Crippen molar-refractivity contribution in [1.29, 1.82) is 0 Å². The van der Waals surface area contributed by atoms with Gasteiger partial charge in [-0.15, -0.1) is 0 Å². The molecule has 4 heteroatoms. The molecule has 1 saturated carbocycles. The van der Waals surface area contributed by atoms with E-state index in [0.29, 0.717) is 5.69 Å². The molecule has 1 aromatic rings. The molecule has 12 heavy (non-hydrogen) atoms. The van der Waals surface area contributed by atoms with E-state index in [1.54, 1.807) is 18.6 Å². The summed E-state index contributed by atoms with van der Waals surface area (Å²) in [7, 11) is 0. The van der Waals surface area contributed by atoms with Gasteiger partial charge in [0.15, 0.2) is 0 Å². The van der Waals surface area contributed by atoms with Crippen LogP contribution in [0.2, 0.25) is 0 Å². The highest BCUT2D eigenvalue weighted by Crippen LogP contribution is 2.43. The summed E-state index contributed by atoms with van der Waals surface area (Å²) >= 11 is 0. The van der Waals surface area contributed by atoms with E-state index in [4.69, 9.17) is 5.73 Å². The number of nitrogens with zero attached hydrogens (tertiary/aromatic N) is 2. The van der Waals surface area contributed by atoms with Gasteiger partial charge >= 0.3 is 0 Å². The van der Waals surface area contributed by atoms with Gasteiger partial charge in [-0.3, -0.25) is 9.97 Å². The SMILES string of the molecule is NC(c1cnccn1)C1(O)CC1. The number of aromatic nitrogens is 2. The summed E-state index contributed by atoms with van der Waals surface area (Å²) in [6, 6.07) is -0.383. The summed E-state index contributed by atoms with van der Waals surface area (Å²) in [5, 5.41) is 9.66. The van der Waals surface area contributed by atoms with Crippen LogP contribution in [0.25, 0.3) is 0 Å². The van der Waals surface area contributed by atoms with Crippen LogP contribution in [0.15, 0.2) is 18.6 Å². The maximum atomic E-state index is 9.66. The smallest absolute Gasteiger partial charge is 0.0857 e. The molecular formula is C8H11N3O. The van der Waals surface area contributed by atoms with Gasteiger partial charge in [-0.2, -0.15) is 0 Å².